The fourth-order valence-corrected chi connectivity index (χ4v) is 3.19. The van der Waals surface area contributed by atoms with Crippen molar-refractivity contribution < 1.29 is 14.3 Å². The van der Waals surface area contributed by atoms with Crippen LogP contribution in [-0.2, 0) is 4.79 Å². The number of hydrogen-bond acceptors (Lipinski definition) is 4. The maximum atomic E-state index is 12.0. The standard InChI is InChI=1S/C19H30N4O3/c1-25-15-8-9-17(26-2)16(13-15)23-19(20)22-11-10-21-18(24)12-14-6-4-3-5-7-14/h8-9,13-14H,3-7,10-12H2,1-2H3,(H,21,24)(H3,20,22,23). The van der Waals surface area contributed by atoms with Crippen LogP contribution in [0, 0.1) is 5.92 Å². The molecule has 0 aliphatic heterocycles. The van der Waals surface area contributed by atoms with Crippen molar-refractivity contribution in [1.82, 2.24) is 5.32 Å². The van der Waals surface area contributed by atoms with Crippen molar-refractivity contribution >= 4 is 17.6 Å². The Kier molecular flexibility index (Phi) is 8.05. The monoisotopic (exact) mass is 362 g/mol. The van der Waals surface area contributed by atoms with E-state index in [0.29, 0.717) is 42.6 Å². The summed E-state index contributed by atoms with van der Waals surface area (Å²) in [6.45, 7) is 0.894. The molecule has 0 heterocycles. The van der Waals surface area contributed by atoms with E-state index in [1.807, 2.05) is 0 Å². The van der Waals surface area contributed by atoms with Gasteiger partial charge >= 0.3 is 0 Å². The zero-order valence-corrected chi connectivity index (χ0v) is 15.7. The number of carbonyl (C=O) groups is 1. The molecule has 144 valence electrons. The number of anilines is 1. The molecule has 2 rings (SSSR count). The van der Waals surface area contributed by atoms with Gasteiger partial charge in [0.1, 0.15) is 11.5 Å². The van der Waals surface area contributed by atoms with Crippen LogP contribution in [0.25, 0.3) is 0 Å². The molecule has 4 N–H and O–H groups in total. The predicted molar refractivity (Wildman–Crippen MR) is 104 cm³/mol. The van der Waals surface area contributed by atoms with Gasteiger partial charge in [-0.05, 0) is 30.9 Å². The summed E-state index contributed by atoms with van der Waals surface area (Å²) in [6.07, 6.45) is 6.77. The van der Waals surface area contributed by atoms with Crippen molar-refractivity contribution in [2.75, 3.05) is 32.6 Å². The molecule has 1 amide bonds. The third kappa shape index (κ3) is 6.46. The van der Waals surface area contributed by atoms with Crippen LogP contribution >= 0.6 is 0 Å². The lowest BCUT2D eigenvalue weighted by molar-refractivity contribution is -0.122. The number of rotatable bonds is 8. The molecule has 0 saturated heterocycles. The number of nitrogens with one attached hydrogen (secondary N) is 2. The van der Waals surface area contributed by atoms with E-state index in [2.05, 4.69) is 15.6 Å². The topological polar surface area (TPSA) is 98.0 Å². The van der Waals surface area contributed by atoms with E-state index >= 15 is 0 Å². The molecule has 26 heavy (non-hydrogen) atoms. The van der Waals surface area contributed by atoms with Crippen LogP contribution in [0.3, 0.4) is 0 Å². The molecule has 0 spiro atoms. The van der Waals surface area contributed by atoms with E-state index in [1.165, 1.54) is 32.1 Å². The molecule has 1 aliphatic carbocycles. The second-order valence-corrected chi connectivity index (χ2v) is 6.52. The minimum absolute atomic E-state index is 0.105. The maximum absolute atomic E-state index is 12.0. The van der Waals surface area contributed by atoms with Crippen LogP contribution in [-0.4, -0.2) is 39.2 Å². The first kappa shape index (κ1) is 19.9. The van der Waals surface area contributed by atoms with E-state index < -0.39 is 0 Å². The SMILES string of the molecule is COc1ccc(OC)c(NC(N)=NCCNC(=O)CC2CCCCC2)c1. The molecule has 1 aliphatic rings. The molecule has 0 atom stereocenters. The number of guanidine groups is 1. The van der Waals surface area contributed by atoms with Gasteiger partial charge in [-0.1, -0.05) is 19.3 Å². The number of carbonyl (C=O) groups excluding carboxylic acids is 1. The first-order valence-corrected chi connectivity index (χ1v) is 9.18. The average molecular weight is 362 g/mol. The van der Waals surface area contributed by atoms with Gasteiger partial charge in [0.15, 0.2) is 5.96 Å². The maximum Gasteiger partial charge on any atom is 0.220 e. The van der Waals surface area contributed by atoms with Gasteiger partial charge in [-0.2, -0.15) is 0 Å². The van der Waals surface area contributed by atoms with Gasteiger partial charge in [-0.25, -0.2) is 0 Å². The number of nitrogens with zero attached hydrogens (tertiary/aromatic N) is 1. The number of methoxy groups -OCH3 is 2. The van der Waals surface area contributed by atoms with Crippen LogP contribution in [0.2, 0.25) is 0 Å². The molecule has 7 heteroatoms. The van der Waals surface area contributed by atoms with Crippen molar-refractivity contribution in [3.8, 4) is 11.5 Å². The lowest BCUT2D eigenvalue weighted by Gasteiger charge is -2.20. The second-order valence-electron chi connectivity index (χ2n) is 6.52. The zero-order valence-electron chi connectivity index (χ0n) is 15.7. The number of amides is 1. The van der Waals surface area contributed by atoms with Crippen molar-refractivity contribution in [3.63, 3.8) is 0 Å². The Balaban J connectivity index is 1.75. The highest BCUT2D eigenvalue weighted by atomic mass is 16.5. The fourth-order valence-electron chi connectivity index (χ4n) is 3.19. The van der Waals surface area contributed by atoms with E-state index in [4.69, 9.17) is 15.2 Å². The van der Waals surface area contributed by atoms with Gasteiger partial charge in [0.2, 0.25) is 5.91 Å². The third-order valence-corrected chi connectivity index (χ3v) is 4.58. The molecule has 1 aromatic carbocycles. The zero-order chi connectivity index (χ0) is 18.8. The summed E-state index contributed by atoms with van der Waals surface area (Å²) in [5.41, 5.74) is 6.59. The molecule has 1 saturated carbocycles. The van der Waals surface area contributed by atoms with E-state index in [-0.39, 0.29) is 11.9 Å². The summed E-state index contributed by atoms with van der Waals surface area (Å²) in [6, 6.07) is 5.38. The Morgan fingerprint density at radius 2 is 2.00 bits per heavy atom. The molecule has 1 aromatic rings. The third-order valence-electron chi connectivity index (χ3n) is 4.58. The van der Waals surface area contributed by atoms with Gasteiger partial charge in [-0.3, -0.25) is 9.79 Å². The lowest BCUT2D eigenvalue weighted by atomic mass is 9.87. The van der Waals surface area contributed by atoms with Crippen LogP contribution in [0.15, 0.2) is 23.2 Å². The first-order valence-electron chi connectivity index (χ1n) is 9.18. The van der Waals surface area contributed by atoms with Crippen LogP contribution in [0.4, 0.5) is 5.69 Å². The summed E-state index contributed by atoms with van der Waals surface area (Å²) >= 11 is 0. The Hall–Kier alpha value is -2.44. The summed E-state index contributed by atoms with van der Waals surface area (Å²) in [5.74, 6) is 2.24. The molecule has 0 bridgehead atoms. The van der Waals surface area contributed by atoms with Crippen molar-refractivity contribution in [1.29, 1.82) is 0 Å². The summed E-state index contributed by atoms with van der Waals surface area (Å²) in [7, 11) is 3.18. The van der Waals surface area contributed by atoms with E-state index in [9.17, 15) is 4.79 Å². The largest absolute Gasteiger partial charge is 0.497 e. The number of hydrogen-bond donors (Lipinski definition) is 3. The van der Waals surface area contributed by atoms with Gasteiger partial charge in [0.25, 0.3) is 0 Å². The highest BCUT2D eigenvalue weighted by Gasteiger charge is 2.16. The average Bonchev–Trinajstić information content (AvgIpc) is 2.66. The first-order chi connectivity index (χ1) is 12.6. The lowest BCUT2D eigenvalue weighted by Crippen LogP contribution is -2.30. The molecule has 0 unspecified atom stereocenters. The van der Waals surface area contributed by atoms with Crippen molar-refractivity contribution in [2.45, 2.75) is 38.5 Å². The minimum atomic E-state index is 0.105. The summed E-state index contributed by atoms with van der Waals surface area (Å²) in [5, 5.41) is 5.92. The highest BCUT2D eigenvalue weighted by Crippen LogP contribution is 2.28. The van der Waals surface area contributed by atoms with Gasteiger partial charge in [0, 0.05) is 19.0 Å². The fraction of sp³-hybridized carbons (Fsp3) is 0.579. The van der Waals surface area contributed by atoms with Gasteiger partial charge in [-0.15, -0.1) is 0 Å². The van der Waals surface area contributed by atoms with Gasteiger partial charge < -0.3 is 25.8 Å². The Morgan fingerprint density at radius 1 is 1.23 bits per heavy atom. The van der Waals surface area contributed by atoms with Crippen LogP contribution < -0.4 is 25.8 Å². The van der Waals surface area contributed by atoms with Crippen molar-refractivity contribution in [3.05, 3.63) is 18.2 Å². The molecule has 1 fully saturated rings. The minimum Gasteiger partial charge on any atom is -0.497 e. The molecular formula is C19H30N4O3. The Labute approximate surface area is 155 Å². The van der Waals surface area contributed by atoms with Crippen LogP contribution in [0.1, 0.15) is 38.5 Å². The summed E-state index contributed by atoms with van der Waals surface area (Å²) in [4.78, 5) is 16.2. The number of aliphatic imine (C=N–C) groups is 1. The molecule has 7 nitrogen and oxygen atoms in total. The van der Waals surface area contributed by atoms with Crippen molar-refractivity contribution in [2.24, 2.45) is 16.6 Å². The second kappa shape index (κ2) is 10.5. The normalized spacial score (nSPS) is 15.4. The predicted octanol–water partition coefficient (Wildman–Crippen LogP) is 2.52. The molecule has 0 radical (unpaired) electrons. The number of nitrogens with two attached hydrogens (primary N) is 1. The Morgan fingerprint density at radius 3 is 2.69 bits per heavy atom. The number of ether oxygens (including phenoxy) is 2. The number of benzene rings is 1. The molecule has 0 aromatic heterocycles. The van der Waals surface area contributed by atoms with E-state index in [0.717, 1.165) is 0 Å². The smallest absolute Gasteiger partial charge is 0.220 e. The quantitative estimate of drug-likeness (QED) is 0.375. The summed E-state index contributed by atoms with van der Waals surface area (Å²) < 4.78 is 10.5. The van der Waals surface area contributed by atoms with Crippen LogP contribution in [0.5, 0.6) is 11.5 Å². The molecular weight excluding hydrogens is 332 g/mol. The Bertz CT molecular complexity index is 613. The highest BCUT2D eigenvalue weighted by molar-refractivity contribution is 5.94. The van der Waals surface area contributed by atoms with E-state index in [1.54, 1.807) is 32.4 Å². The van der Waals surface area contributed by atoms with Gasteiger partial charge in [0.05, 0.1) is 26.5 Å².